The molecule has 0 aromatic heterocycles. The van der Waals surface area contributed by atoms with E-state index in [2.05, 4.69) is 0 Å². The molecule has 0 spiro atoms. The van der Waals surface area contributed by atoms with Crippen LogP contribution in [0.2, 0.25) is 10.0 Å². The lowest BCUT2D eigenvalue weighted by Gasteiger charge is -2.28. The first-order valence-corrected chi connectivity index (χ1v) is 7.86. The van der Waals surface area contributed by atoms with Gasteiger partial charge in [-0.1, -0.05) is 41.4 Å². The summed E-state index contributed by atoms with van der Waals surface area (Å²) in [7, 11) is -4.83. The number of benzene rings is 2. The van der Waals surface area contributed by atoms with E-state index in [0.717, 1.165) is 0 Å². The summed E-state index contributed by atoms with van der Waals surface area (Å²) in [6, 6.07) is 10.1. The average molecular weight is 347 g/mol. The van der Waals surface area contributed by atoms with E-state index < -0.39 is 10.3 Å². The minimum absolute atomic E-state index is 0.112. The van der Waals surface area contributed by atoms with Crippen molar-refractivity contribution in [3.63, 3.8) is 0 Å². The lowest BCUT2D eigenvalue weighted by molar-refractivity contribution is 0.451. The van der Waals surface area contributed by atoms with Crippen LogP contribution in [0.25, 0.3) is 0 Å². The second-order valence-corrected chi connectivity index (χ2v) is 6.33. The summed E-state index contributed by atoms with van der Waals surface area (Å²) in [5.74, 6) is -0.318. The number of hydrogen-bond acceptors (Lipinski definition) is 4. The van der Waals surface area contributed by atoms with Crippen LogP contribution >= 0.6 is 23.2 Å². The Bertz CT molecular complexity index is 765. The minimum Gasteiger partial charge on any atom is -0.731 e. The fraction of sp³-hybridized carbons (Fsp3) is 0.0769. The highest BCUT2D eigenvalue weighted by molar-refractivity contribution is 7.87. The highest BCUT2D eigenvalue weighted by Gasteiger charge is 2.18. The van der Waals surface area contributed by atoms with Crippen molar-refractivity contribution < 1.29 is 18.1 Å². The van der Waals surface area contributed by atoms with Crippen LogP contribution < -0.4 is 4.31 Å². The highest BCUT2D eigenvalue weighted by Crippen LogP contribution is 2.31. The van der Waals surface area contributed by atoms with E-state index in [1.54, 1.807) is 0 Å². The zero-order valence-corrected chi connectivity index (χ0v) is 12.9. The Morgan fingerprint density at radius 3 is 2.38 bits per heavy atom. The molecule has 0 bridgehead atoms. The number of nitrogens with zero attached hydrogens (tertiary/aromatic N) is 1. The zero-order chi connectivity index (χ0) is 15.6. The number of phenolic OH excluding ortho intramolecular Hbond substituents is 1. The van der Waals surface area contributed by atoms with Gasteiger partial charge in [-0.2, -0.15) is 0 Å². The van der Waals surface area contributed by atoms with Gasteiger partial charge in [0, 0.05) is 10.0 Å². The van der Waals surface area contributed by atoms with E-state index in [0.29, 0.717) is 14.9 Å². The van der Waals surface area contributed by atoms with E-state index in [1.165, 1.54) is 42.5 Å². The third-order valence-corrected chi connectivity index (χ3v) is 4.20. The number of aromatic hydroxyl groups is 1. The normalized spacial score (nSPS) is 11.4. The predicted molar refractivity (Wildman–Crippen MR) is 80.4 cm³/mol. The van der Waals surface area contributed by atoms with Crippen molar-refractivity contribution in [3.05, 3.63) is 58.1 Å². The molecule has 0 fully saturated rings. The fourth-order valence-corrected chi connectivity index (χ4v) is 2.93. The Hall–Kier alpha value is -1.47. The Labute approximate surface area is 132 Å². The van der Waals surface area contributed by atoms with E-state index in [-0.39, 0.29) is 23.0 Å². The van der Waals surface area contributed by atoms with Gasteiger partial charge in [-0.3, -0.25) is 4.31 Å². The van der Waals surface area contributed by atoms with Gasteiger partial charge in [0.25, 0.3) is 0 Å². The third kappa shape index (κ3) is 3.79. The van der Waals surface area contributed by atoms with Crippen LogP contribution in [0.4, 0.5) is 5.69 Å². The lowest BCUT2D eigenvalue weighted by Crippen LogP contribution is -2.30. The van der Waals surface area contributed by atoms with Gasteiger partial charge >= 0.3 is 0 Å². The van der Waals surface area contributed by atoms with Gasteiger partial charge in [-0.25, -0.2) is 8.42 Å². The van der Waals surface area contributed by atoms with E-state index in [4.69, 9.17) is 23.2 Å². The van der Waals surface area contributed by atoms with Crippen LogP contribution in [-0.2, 0) is 16.8 Å². The second-order valence-electron chi connectivity index (χ2n) is 4.19. The van der Waals surface area contributed by atoms with Crippen molar-refractivity contribution in [1.82, 2.24) is 0 Å². The van der Waals surface area contributed by atoms with E-state index >= 15 is 0 Å². The molecular formula is C13H10Cl2NO4S-. The van der Waals surface area contributed by atoms with Crippen LogP contribution in [0.3, 0.4) is 0 Å². The molecule has 0 amide bonds. The lowest BCUT2D eigenvalue weighted by atomic mass is 10.2. The Balaban J connectivity index is 2.46. The van der Waals surface area contributed by atoms with Gasteiger partial charge in [0.1, 0.15) is 5.75 Å². The molecule has 0 saturated carbocycles. The number of anilines is 1. The van der Waals surface area contributed by atoms with Crippen molar-refractivity contribution in [2.75, 3.05) is 4.31 Å². The Morgan fingerprint density at radius 1 is 1.14 bits per heavy atom. The molecule has 5 nitrogen and oxygen atoms in total. The number of phenols is 1. The molecule has 0 aliphatic carbocycles. The predicted octanol–water partition coefficient (Wildman–Crippen LogP) is 3.17. The molecule has 2 aromatic carbocycles. The van der Waals surface area contributed by atoms with Crippen LogP contribution in [-0.4, -0.2) is 18.1 Å². The summed E-state index contributed by atoms with van der Waals surface area (Å²) in [5.41, 5.74) is 0.280. The van der Waals surface area contributed by atoms with E-state index in [1.807, 2.05) is 0 Å². The molecule has 0 saturated heterocycles. The van der Waals surface area contributed by atoms with Crippen molar-refractivity contribution in [3.8, 4) is 5.75 Å². The molecule has 112 valence electrons. The van der Waals surface area contributed by atoms with Crippen LogP contribution in [0.1, 0.15) is 5.56 Å². The van der Waals surface area contributed by atoms with E-state index in [9.17, 15) is 18.1 Å². The minimum atomic E-state index is -4.83. The molecule has 2 rings (SSSR count). The highest BCUT2D eigenvalue weighted by atomic mass is 35.5. The van der Waals surface area contributed by atoms with Crippen molar-refractivity contribution in [1.29, 1.82) is 0 Å². The zero-order valence-electron chi connectivity index (χ0n) is 10.5. The molecular weight excluding hydrogens is 337 g/mol. The van der Waals surface area contributed by atoms with Crippen molar-refractivity contribution in [2.45, 2.75) is 6.54 Å². The van der Waals surface area contributed by atoms with Crippen LogP contribution in [0.5, 0.6) is 5.75 Å². The quantitative estimate of drug-likeness (QED) is 0.862. The van der Waals surface area contributed by atoms with Gasteiger partial charge < -0.3 is 9.66 Å². The van der Waals surface area contributed by atoms with Gasteiger partial charge in [-0.05, 0) is 29.8 Å². The molecule has 0 radical (unpaired) electrons. The first-order chi connectivity index (χ1) is 9.79. The summed E-state index contributed by atoms with van der Waals surface area (Å²) < 4.78 is 34.9. The first-order valence-electron chi connectivity index (χ1n) is 5.74. The standard InChI is InChI=1S/C13H11Cl2NO4S/c14-10-6-5-9(11(15)7-10)8-16(21(18,19)20)12-3-1-2-4-13(12)17/h1-7,17H,8H2,(H,18,19,20)/p-1. The molecule has 2 aromatic rings. The third-order valence-electron chi connectivity index (χ3n) is 2.75. The van der Waals surface area contributed by atoms with Crippen molar-refractivity contribution >= 4 is 39.2 Å². The van der Waals surface area contributed by atoms with Gasteiger partial charge in [0.2, 0.25) is 0 Å². The smallest absolute Gasteiger partial charge is 0.184 e. The Morgan fingerprint density at radius 2 is 1.81 bits per heavy atom. The molecule has 0 aliphatic heterocycles. The largest absolute Gasteiger partial charge is 0.731 e. The van der Waals surface area contributed by atoms with Gasteiger partial charge in [0.05, 0.1) is 12.2 Å². The number of rotatable bonds is 4. The summed E-state index contributed by atoms with van der Waals surface area (Å²) in [4.78, 5) is 0. The SMILES string of the molecule is O=S(=O)([O-])N(Cc1ccc(Cl)cc1Cl)c1ccccc1O. The monoisotopic (exact) mass is 346 g/mol. The second kappa shape index (κ2) is 6.11. The number of halogens is 2. The van der Waals surface area contributed by atoms with Crippen molar-refractivity contribution in [2.24, 2.45) is 0 Å². The summed E-state index contributed by atoms with van der Waals surface area (Å²) >= 11 is 11.7. The topological polar surface area (TPSA) is 80.7 Å². The van der Waals surface area contributed by atoms with Crippen LogP contribution in [0, 0.1) is 0 Å². The Kier molecular flexibility index (Phi) is 4.63. The molecule has 0 unspecified atom stereocenters. The maximum atomic E-state index is 11.5. The molecule has 0 aliphatic rings. The summed E-state index contributed by atoms with van der Waals surface area (Å²) in [6.07, 6.45) is 0. The molecule has 8 heteroatoms. The molecule has 0 heterocycles. The van der Waals surface area contributed by atoms with Gasteiger partial charge in [-0.15, -0.1) is 0 Å². The maximum absolute atomic E-state index is 11.5. The molecule has 0 atom stereocenters. The summed E-state index contributed by atoms with van der Waals surface area (Å²) in [5, 5.41) is 10.4. The number of hydrogen-bond donors (Lipinski definition) is 1. The average Bonchev–Trinajstić information content (AvgIpc) is 2.38. The fourth-order valence-electron chi connectivity index (χ4n) is 1.76. The summed E-state index contributed by atoms with van der Waals surface area (Å²) in [6.45, 7) is -0.306. The van der Waals surface area contributed by atoms with Gasteiger partial charge in [0.15, 0.2) is 10.3 Å². The maximum Gasteiger partial charge on any atom is 0.184 e. The number of para-hydroxylation sites is 2. The van der Waals surface area contributed by atoms with Crippen LogP contribution in [0.15, 0.2) is 42.5 Å². The molecule has 21 heavy (non-hydrogen) atoms. The first kappa shape index (κ1) is 15.9. The molecule has 1 N–H and O–H groups in total.